The molecule has 0 radical (unpaired) electrons. The van der Waals surface area contributed by atoms with Gasteiger partial charge in [0.2, 0.25) is 0 Å². The number of carboxylic acid groups (broad SMARTS) is 1. The summed E-state index contributed by atoms with van der Waals surface area (Å²) in [5, 5.41) is 8.96. The molecule has 3 N–H and O–H groups in total. The Hall–Kier alpha value is -0.610. The Morgan fingerprint density at radius 2 is 1.88 bits per heavy atom. The van der Waals surface area contributed by atoms with Gasteiger partial charge >= 0.3 is 5.97 Å². The lowest BCUT2D eigenvalue weighted by Gasteiger charge is -2.28. The minimum Gasteiger partial charge on any atom is -0.480 e. The molecular formula is C13H28N2O2. The third-order valence-electron chi connectivity index (χ3n) is 3.55. The predicted molar refractivity (Wildman–Crippen MR) is 71.0 cm³/mol. The summed E-state index contributed by atoms with van der Waals surface area (Å²) >= 11 is 0. The van der Waals surface area contributed by atoms with E-state index in [1.165, 1.54) is 12.8 Å². The number of carbonyl (C=O) groups is 1. The Kier molecular flexibility index (Phi) is 7.39. The number of nitrogens with two attached hydrogens (primary N) is 1. The van der Waals surface area contributed by atoms with Crippen molar-refractivity contribution in [2.24, 2.45) is 11.7 Å². The molecule has 0 saturated carbocycles. The van der Waals surface area contributed by atoms with E-state index in [4.69, 9.17) is 10.8 Å². The van der Waals surface area contributed by atoms with Gasteiger partial charge in [0.1, 0.15) is 5.54 Å². The third-order valence-corrected chi connectivity index (χ3v) is 3.55. The van der Waals surface area contributed by atoms with Gasteiger partial charge in [-0.3, -0.25) is 4.79 Å². The molecular weight excluding hydrogens is 216 g/mol. The molecule has 0 spiro atoms. The first-order valence-electron chi connectivity index (χ1n) is 6.61. The second kappa shape index (κ2) is 7.67. The summed E-state index contributed by atoms with van der Waals surface area (Å²) in [6.07, 6.45) is 2.84. The fourth-order valence-corrected chi connectivity index (χ4v) is 1.79. The van der Waals surface area contributed by atoms with E-state index >= 15 is 0 Å². The van der Waals surface area contributed by atoms with Crippen molar-refractivity contribution < 1.29 is 9.90 Å². The van der Waals surface area contributed by atoms with Gasteiger partial charge in [0, 0.05) is 13.1 Å². The fraction of sp³-hybridized carbons (Fsp3) is 0.923. The number of hydrogen-bond donors (Lipinski definition) is 2. The van der Waals surface area contributed by atoms with Gasteiger partial charge in [-0.1, -0.05) is 33.6 Å². The molecule has 1 atom stereocenters. The van der Waals surface area contributed by atoms with E-state index in [0.717, 1.165) is 19.6 Å². The van der Waals surface area contributed by atoms with Crippen molar-refractivity contribution in [1.82, 2.24) is 4.90 Å². The van der Waals surface area contributed by atoms with Gasteiger partial charge in [0.05, 0.1) is 0 Å². The molecule has 0 heterocycles. The highest BCUT2D eigenvalue weighted by Gasteiger charge is 2.28. The largest absolute Gasteiger partial charge is 0.480 e. The summed E-state index contributed by atoms with van der Waals surface area (Å²) in [6.45, 7) is 10.8. The van der Waals surface area contributed by atoms with Crippen molar-refractivity contribution in [3.63, 3.8) is 0 Å². The van der Waals surface area contributed by atoms with Gasteiger partial charge in [0.25, 0.3) is 0 Å². The Morgan fingerprint density at radius 1 is 1.35 bits per heavy atom. The Balaban J connectivity index is 4.18. The lowest BCUT2D eigenvalue weighted by molar-refractivity contribution is -0.143. The fourth-order valence-electron chi connectivity index (χ4n) is 1.79. The number of carboxylic acids is 1. The highest BCUT2D eigenvalue weighted by Crippen LogP contribution is 2.12. The van der Waals surface area contributed by atoms with Crippen LogP contribution in [0, 0.1) is 5.92 Å². The van der Waals surface area contributed by atoms with E-state index in [0.29, 0.717) is 12.3 Å². The van der Waals surface area contributed by atoms with Crippen LogP contribution in [0.3, 0.4) is 0 Å². The van der Waals surface area contributed by atoms with E-state index < -0.39 is 11.5 Å². The molecule has 17 heavy (non-hydrogen) atoms. The number of rotatable bonds is 9. The van der Waals surface area contributed by atoms with Gasteiger partial charge in [0.15, 0.2) is 0 Å². The van der Waals surface area contributed by atoms with Crippen LogP contribution in [0.1, 0.15) is 47.0 Å². The molecule has 0 fully saturated rings. The highest BCUT2D eigenvalue weighted by atomic mass is 16.4. The summed E-state index contributed by atoms with van der Waals surface area (Å²) in [5.41, 5.74) is 4.62. The summed E-state index contributed by atoms with van der Waals surface area (Å²) in [7, 11) is 0. The van der Waals surface area contributed by atoms with E-state index in [1.54, 1.807) is 6.92 Å². The molecule has 0 aromatic rings. The first kappa shape index (κ1) is 16.4. The molecule has 4 heteroatoms. The second-order valence-electron chi connectivity index (χ2n) is 5.05. The van der Waals surface area contributed by atoms with E-state index in [-0.39, 0.29) is 0 Å². The van der Waals surface area contributed by atoms with Crippen LogP contribution < -0.4 is 5.73 Å². The summed E-state index contributed by atoms with van der Waals surface area (Å²) in [6, 6.07) is 0. The maximum atomic E-state index is 10.9. The number of nitrogens with zero attached hydrogens (tertiary/aromatic N) is 1. The third kappa shape index (κ3) is 6.03. The summed E-state index contributed by atoms with van der Waals surface area (Å²) in [5.74, 6) is -0.222. The molecule has 4 nitrogen and oxygen atoms in total. The second-order valence-corrected chi connectivity index (χ2v) is 5.05. The van der Waals surface area contributed by atoms with Gasteiger partial charge in [-0.25, -0.2) is 0 Å². The smallest absolute Gasteiger partial charge is 0.323 e. The van der Waals surface area contributed by atoms with Gasteiger partial charge in [-0.15, -0.1) is 0 Å². The van der Waals surface area contributed by atoms with Crippen LogP contribution in [0.2, 0.25) is 0 Å². The minimum atomic E-state index is -1.11. The average Bonchev–Trinajstić information content (AvgIpc) is 2.29. The van der Waals surface area contributed by atoms with Gasteiger partial charge in [-0.05, 0) is 25.8 Å². The Bertz CT molecular complexity index is 225. The molecule has 0 saturated heterocycles. The zero-order valence-corrected chi connectivity index (χ0v) is 11.7. The molecule has 1 unspecified atom stereocenters. The summed E-state index contributed by atoms with van der Waals surface area (Å²) in [4.78, 5) is 13.2. The quantitative estimate of drug-likeness (QED) is 0.650. The Labute approximate surface area is 105 Å². The van der Waals surface area contributed by atoms with Crippen molar-refractivity contribution in [3.05, 3.63) is 0 Å². The number of aliphatic carboxylic acids is 1. The summed E-state index contributed by atoms with van der Waals surface area (Å²) < 4.78 is 0. The van der Waals surface area contributed by atoms with Crippen molar-refractivity contribution >= 4 is 5.97 Å². The monoisotopic (exact) mass is 244 g/mol. The predicted octanol–water partition coefficient (Wildman–Crippen LogP) is 1.94. The van der Waals surface area contributed by atoms with Gasteiger partial charge in [-0.2, -0.15) is 0 Å². The van der Waals surface area contributed by atoms with Crippen LogP contribution in [0.5, 0.6) is 0 Å². The molecule has 0 aromatic heterocycles. The standard InChI is InChI=1S/C13H28N2O2/c1-5-11(6-2)10-15(7-3)9-8-13(4,14)12(16)17/h11H,5-10,14H2,1-4H3,(H,16,17). The van der Waals surface area contributed by atoms with Crippen LogP contribution in [-0.2, 0) is 4.79 Å². The van der Waals surface area contributed by atoms with Crippen LogP contribution in [0.4, 0.5) is 0 Å². The zero-order chi connectivity index (χ0) is 13.5. The van der Waals surface area contributed by atoms with Crippen molar-refractivity contribution in [3.8, 4) is 0 Å². The molecule has 0 aliphatic carbocycles. The van der Waals surface area contributed by atoms with Crippen molar-refractivity contribution in [2.75, 3.05) is 19.6 Å². The van der Waals surface area contributed by atoms with E-state index in [1.807, 2.05) is 0 Å². The Morgan fingerprint density at radius 3 is 2.24 bits per heavy atom. The molecule has 0 bridgehead atoms. The maximum Gasteiger partial charge on any atom is 0.323 e. The van der Waals surface area contributed by atoms with Crippen LogP contribution >= 0.6 is 0 Å². The lowest BCUT2D eigenvalue weighted by Crippen LogP contribution is -2.47. The molecule has 0 amide bonds. The highest BCUT2D eigenvalue weighted by molar-refractivity contribution is 5.77. The van der Waals surface area contributed by atoms with Crippen LogP contribution in [0.15, 0.2) is 0 Å². The molecule has 0 aliphatic rings. The normalized spacial score (nSPS) is 15.2. The SMILES string of the molecule is CCC(CC)CN(CC)CCC(C)(N)C(=O)O. The van der Waals surface area contributed by atoms with Crippen molar-refractivity contribution in [1.29, 1.82) is 0 Å². The lowest BCUT2D eigenvalue weighted by atomic mass is 9.98. The zero-order valence-electron chi connectivity index (χ0n) is 11.7. The number of hydrogen-bond acceptors (Lipinski definition) is 3. The first-order valence-corrected chi connectivity index (χ1v) is 6.61. The minimum absolute atomic E-state index is 0.496. The van der Waals surface area contributed by atoms with Gasteiger partial charge < -0.3 is 15.7 Å². The van der Waals surface area contributed by atoms with E-state index in [2.05, 4.69) is 25.7 Å². The average molecular weight is 244 g/mol. The molecule has 102 valence electrons. The maximum absolute atomic E-state index is 10.9. The first-order chi connectivity index (χ1) is 7.87. The molecule has 0 aromatic carbocycles. The molecule has 0 rings (SSSR count). The topological polar surface area (TPSA) is 66.6 Å². The van der Waals surface area contributed by atoms with E-state index in [9.17, 15) is 4.79 Å². The molecule has 0 aliphatic heterocycles. The van der Waals surface area contributed by atoms with Crippen LogP contribution in [0.25, 0.3) is 0 Å². The van der Waals surface area contributed by atoms with Crippen LogP contribution in [-0.4, -0.2) is 41.1 Å². The van der Waals surface area contributed by atoms with Crippen molar-refractivity contribution in [2.45, 2.75) is 52.5 Å².